The Kier molecular flexibility index (Phi) is 6.89. The van der Waals surface area contributed by atoms with Crippen molar-refractivity contribution >= 4 is 61.8 Å². The summed E-state index contributed by atoms with van der Waals surface area (Å²) < 4.78 is 25.6. The van der Waals surface area contributed by atoms with Crippen molar-refractivity contribution < 1.29 is 13.9 Å². The summed E-state index contributed by atoms with van der Waals surface area (Å²) in [5.74, 6) is 0.937. The first-order valence-corrected chi connectivity index (χ1v) is 11.1. The average molecular weight is 547 g/mol. The van der Waals surface area contributed by atoms with E-state index in [9.17, 15) is 9.65 Å². The highest BCUT2D eigenvalue weighted by atomic mass is 79.9. The summed E-state index contributed by atoms with van der Waals surface area (Å²) in [6.07, 6.45) is 1.66. The molecule has 4 rings (SSSR count). The number of methoxy groups -OCH3 is 1. The fraction of sp³-hybridized carbons (Fsp3) is 0.0833. The van der Waals surface area contributed by atoms with Crippen LogP contribution in [0.25, 0.3) is 22.7 Å². The van der Waals surface area contributed by atoms with Gasteiger partial charge in [-0.2, -0.15) is 5.26 Å². The lowest BCUT2D eigenvalue weighted by Gasteiger charge is -2.13. The van der Waals surface area contributed by atoms with Crippen LogP contribution in [-0.4, -0.2) is 17.1 Å². The monoisotopic (exact) mass is 545 g/mol. The molecule has 0 saturated carbocycles. The van der Waals surface area contributed by atoms with Gasteiger partial charge < -0.3 is 14.5 Å². The third kappa shape index (κ3) is 5.14. The van der Waals surface area contributed by atoms with Crippen molar-refractivity contribution in [1.29, 1.82) is 5.26 Å². The van der Waals surface area contributed by atoms with E-state index in [1.807, 2.05) is 6.07 Å². The Morgan fingerprint density at radius 2 is 1.97 bits per heavy atom. The summed E-state index contributed by atoms with van der Waals surface area (Å²) >= 11 is 15.6. The van der Waals surface area contributed by atoms with Gasteiger partial charge in [0.1, 0.15) is 24.3 Å². The van der Waals surface area contributed by atoms with E-state index in [1.165, 1.54) is 19.2 Å². The molecule has 0 fully saturated rings. The van der Waals surface area contributed by atoms with Crippen LogP contribution in [0.3, 0.4) is 0 Å². The second-order valence-electron chi connectivity index (χ2n) is 6.98. The molecule has 166 valence electrons. The Hall–Kier alpha value is -3.05. The lowest BCUT2D eigenvalue weighted by atomic mass is 10.1. The molecule has 0 aliphatic rings. The van der Waals surface area contributed by atoms with E-state index in [0.29, 0.717) is 48.4 Å². The highest BCUT2D eigenvalue weighted by molar-refractivity contribution is 9.10. The van der Waals surface area contributed by atoms with Gasteiger partial charge in [0.15, 0.2) is 11.5 Å². The number of halogens is 4. The number of nitrogens with zero attached hydrogens (tertiary/aromatic N) is 2. The molecule has 5 nitrogen and oxygen atoms in total. The first-order valence-electron chi connectivity index (χ1n) is 9.59. The van der Waals surface area contributed by atoms with Crippen LogP contribution in [0.4, 0.5) is 4.39 Å². The molecule has 1 aromatic heterocycles. The molecule has 33 heavy (non-hydrogen) atoms. The molecule has 1 heterocycles. The molecule has 0 unspecified atom stereocenters. The van der Waals surface area contributed by atoms with Crippen LogP contribution < -0.4 is 9.47 Å². The molecule has 0 amide bonds. The first-order chi connectivity index (χ1) is 15.9. The van der Waals surface area contributed by atoms with Crippen LogP contribution in [-0.2, 0) is 6.61 Å². The van der Waals surface area contributed by atoms with E-state index < -0.39 is 0 Å². The first kappa shape index (κ1) is 23.1. The molecule has 0 aliphatic carbocycles. The van der Waals surface area contributed by atoms with Crippen LogP contribution in [0, 0.1) is 17.1 Å². The predicted octanol–water partition coefficient (Wildman–Crippen LogP) is 7.42. The summed E-state index contributed by atoms with van der Waals surface area (Å²) in [5, 5.41) is 10.6. The summed E-state index contributed by atoms with van der Waals surface area (Å²) in [6.45, 7) is 0.258. The number of fused-ring (bicyclic) bond motifs is 1. The van der Waals surface area contributed by atoms with Crippen molar-refractivity contribution in [2.24, 2.45) is 0 Å². The zero-order valence-corrected chi connectivity index (χ0v) is 20.2. The minimum atomic E-state index is -0.385. The number of imidazole rings is 1. The number of nitrogens with one attached hydrogen (secondary N) is 1. The summed E-state index contributed by atoms with van der Waals surface area (Å²) in [4.78, 5) is 7.36. The molecule has 0 atom stereocenters. The molecular formula is C24H15BrCl2FN3O2. The van der Waals surface area contributed by atoms with Gasteiger partial charge in [-0.1, -0.05) is 45.2 Å². The highest BCUT2D eigenvalue weighted by Crippen LogP contribution is 2.36. The largest absolute Gasteiger partial charge is 0.493 e. The van der Waals surface area contributed by atoms with Gasteiger partial charge in [0.05, 0.1) is 33.8 Å². The topological polar surface area (TPSA) is 70.9 Å². The maximum absolute atomic E-state index is 13.5. The number of hydrogen-bond donors (Lipinski definition) is 1. The zero-order chi connectivity index (χ0) is 23.5. The van der Waals surface area contributed by atoms with Gasteiger partial charge in [-0.15, -0.1) is 0 Å². The number of allylic oxidation sites excluding steroid dienone is 1. The molecule has 4 aromatic rings. The van der Waals surface area contributed by atoms with Gasteiger partial charge in [-0.3, -0.25) is 0 Å². The van der Waals surface area contributed by atoms with E-state index in [-0.39, 0.29) is 18.0 Å². The smallest absolute Gasteiger partial charge is 0.162 e. The highest BCUT2D eigenvalue weighted by Gasteiger charge is 2.13. The average Bonchev–Trinajstić information content (AvgIpc) is 3.22. The van der Waals surface area contributed by atoms with Crippen LogP contribution in [0.2, 0.25) is 10.0 Å². The Labute approximate surface area is 207 Å². The maximum atomic E-state index is 13.5. The number of benzene rings is 3. The predicted molar refractivity (Wildman–Crippen MR) is 131 cm³/mol. The number of H-pyrrole nitrogens is 1. The van der Waals surface area contributed by atoms with Gasteiger partial charge in [0.2, 0.25) is 0 Å². The molecule has 0 bridgehead atoms. The van der Waals surface area contributed by atoms with Gasteiger partial charge in [-0.25, -0.2) is 9.37 Å². The quantitative estimate of drug-likeness (QED) is 0.255. The van der Waals surface area contributed by atoms with Crippen LogP contribution in [0.5, 0.6) is 11.5 Å². The van der Waals surface area contributed by atoms with E-state index >= 15 is 0 Å². The van der Waals surface area contributed by atoms with Crippen molar-refractivity contribution in [3.8, 4) is 17.6 Å². The van der Waals surface area contributed by atoms with Crippen LogP contribution >= 0.6 is 39.1 Å². The number of nitriles is 1. The Bertz CT molecular complexity index is 1430. The third-order valence-corrected chi connectivity index (χ3v) is 6.21. The molecule has 0 spiro atoms. The fourth-order valence-corrected chi connectivity index (χ4v) is 3.90. The molecule has 9 heteroatoms. The van der Waals surface area contributed by atoms with E-state index in [4.69, 9.17) is 32.7 Å². The molecule has 0 aliphatic heterocycles. The molecule has 3 aromatic carbocycles. The lowest BCUT2D eigenvalue weighted by Crippen LogP contribution is -1.99. The SMILES string of the molecule is COc1cc(/C=C(/C#N)c2nc3ccc(F)cc3[nH]2)c(Br)cc1OCc1ccc(Cl)c(Cl)c1. The van der Waals surface area contributed by atoms with Gasteiger partial charge in [0, 0.05) is 4.47 Å². The van der Waals surface area contributed by atoms with Crippen molar-refractivity contribution in [2.45, 2.75) is 6.61 Å². The number of hydrogen-bond acceptors (Lipinski definition) is 4. The van der Waals surface area contributed by atoms with Crippen molar-refractivity contribution in [2.75, 3.05) is 7.11 Å². The molecule has 1 N–H and O–H groups in total. The third-order valence-electron chi connectivity index (χ3n) is 4.78. The summed E-state index contributed by atoms with van der Waals surface area (Å²) in [5.41, 5.74) is 2.87. The Morgan fingerprint density at radius 3 is 2.70 bits per heavy atom. The lowest BCUT2D eigenvalue weighted by molar-refractivity contribution is 0.284. The van der Waals surface area contributed by atoms with Gasteiger partial charge in [-0.05, 0) is 59.7 Å². The van der Waals surface area contributed by atoms with Crippen molar-refractivity contribution in [3.05, 3.63) is 85.8 Å². The zero-order valence-electron chi connectivity index (χ0n) is 17.1. The normalized spacial score (nSPS) is 11.5. The number of aromatic nitrogens is 2. The summed E-state index contributed by atoms with van der Waals surface area (Å²) in [7, 11) is 1.53. The van der Waals surface area contributed by atoms with Crippen molar-refractivity contribution in [3.63, 3.8) is 0 Å². The van der Waals surface area contributed by atoms with Crippen molar-refractivity contribution in [1.82, 2.24) is 9.97 Å². The maximum Gasteiger partial charge on any atom is 0.162 e. The second-order valence-corrected chi connectivity index (χ2v) is 8.65. The summed E-state index contributed by atoms with van der Waals surface area (Å²) in [6, 6.07) is 15.1. The minimum absolute atomic E-state index is 0.258. The van der Waals surface area contributed by atoms with Crippen LogP contribution in [0.15, 0.2) is 53.0 Å². The van der Waals surface area contributed by atoms with Gasteiger partial charge in [0.25, 0.3) is 0 Å². The second kappa shape index (κ2) is 9.84. The number of rotatable bonds is 6. The molecule has 0 radical (unpaired) electrons. The van der Waals surface area contributed by atoms with E-state index in [0.717, 1.165) is 5.56 Å². The van der Waals surface area contributed by atoms with Gasteiger partial charge >= 0.3 is 0 Å². The van der Waals surface area contributed by atoms with Crippen LogP contribution in [0.1, 0.15) is 17.0 Å². The Balaban J connectivity index is 1.63. The minimum Gasteiger partial charge on any atom is -0.493 e. The molecular weight excluding hydrogens is 532 g/mol. The molecule has 0 saturated heterocycles. The fourth-order valence-electron chi connectivity index (χ4n) is 3.14. The van der Waals surface area contributed by atoms with E-state index in [2.05, 4.69) is 32.0 Å². The number of aromatic amines is 1. The van der Waals surface area contributed by atoms with E-state index in [1.54, 1.807) is 36.4 Å². The Morgan fingerprint density at radius 1 is 1.15 bits per heavy atom. The standard InChI is InChI=1S/C24H15BrCl2FN3O2/c1-32-22-8-14(7-15(11-29)24-30-20-5-3-16(28)9-21(20)31-24)17(25)10-23(22)33-12-13-2-4-18(26)19(27)6-13/h2-10H,12H2,1H3,(H,30,31)/b15-7-. The number of ether oxygens (including phenoxy) is 2.